The van der Waals surface area contributed by atoms with E-state index >= 15 is 0 Å². The van der Waals surface area contributed by atoms with Gasteiger partial charge < -0.3 is 11.1 Å². The van der Waals surface area contributed by atoms with E-state index in [2.05, 4.69) is 53.8 Å². The molecule has 0 bridgehead atoms. The van der Waals surface area contributed by atoms with Crippen LogP contribution < -0.4 is 11.1 Å². The highest BCUT2D eigenvalue weighted by molar-refractivity contribution is 5.45. The van der Waals surface area contributed by atoms with Gasteiger partial charge in [-0.2, -0.15) is 0 Å². The molecule has 23 heavy (non-hydrogen) atoms. The third-order valence-corrected chi connectivity index (χ3v) is 4.03. The molecular formula is C21H22N2. The largest absolute Gasteiger partial charge is 0.378 e. The maximum absolute atomic E-state index is 6.45. The highest BCUT2D eigenvalue weighted by atomic mass is 14.9. The molecular weight excluding hydrogens is 280 g/mol. The first kappa shape index (κ1) is 15.3. The van der Waals surface area contributed by atoms with E-state index in [1.165, 1.54) is 11.1 Å². The van der Waals surface area contributed by atoms with Crippen LogP contribution in [0.3, 0.4) is 0 Å². The van der Waals surface area contributed by atoms with Crippen molar-refractivity contribution in [1.82, 2.24) is 0 Å². The Morgan fingerprint density at radius 2 is 1.13 bits per heavy atom. The molecule has 3 aromatic carbocycles. The van der Waals surface area contributed by atoms with E-state index in [4.69, 9.17) is 5.73 Å². The number of benzene rings is 3. The molecule has 2 unspecified atom stereocenters. The van der Waals surface area contributed by atoms with Crippen molar-refractivity contribution >= 4 is 5.69 Å². The first-order valence-corrected chi connectivity index (χ1v) is 8.00. The SMILES string of the molecule is NC(CC(Nc1ccccc1)c1ccccc1)c1ccccc1. The monoisotopic (exact) mass is 302 g/mol. The Balaban J connectivity index is 1.81. The number of para-hydroxylation sites is 1. The molecule has 0 saturated carbocycles. The second kappa shape index (κ2) is 7.61. The average molecular weight is 302 g/mol. The van der Waals surface area contributed by atoms with E-state index in [0.29, 0.717) is 0 Å². The fraction of sp³-hybridized carbons (Fsp3) is 0.143. The Kier molecular flexibility index (Phi) is 5.07. The van der Waals surface area contributed by atoms with Gasteiger partial charge in [0, 0.05) is 11.7 Å². The van der Waals surface area contributed by atoms with Crippen molar-refractivity contribution in [3.63, 3.8) is 0 Å². The summed E-state index contributed by atoms with van der Waals surface area (Å²) in [5, 5.41) is 3.62. The van der Waals surface area contributed by atoms with Crippen molar-refractivity contribution in [1.29, 1.82) is 0 Å². The van der Waals surface area contributed by atoms with Crippen molar-refractivity contribution in [2.24, 2.45) is 5.73 Å². The van der Waals surface area contributed by atoms with E-state index in [9.17, 15) is 0 Å². The van der Waals surface area contributed by atoms with Gasteiger partial charge in [-0.05, 0) is 29.7 Å². The molecule has 2 atom stereocenters. The van der Waals surface area contributed by atoms with Crippen molar-refractivity contribution in [3.05, 3.63) is 102 Å². The van der Waals surface area contributed by atoms with Gasteiger partial charge in [-0.15, -0.1) is 0 Å². The van der Waals surface area contributed by atoms with Gasteiger partial charge in [0.25, 0.3) is 0 Å². The number of hydrogen-bond acceptors (Lipinski definition) is 2. The van der Waals surface area contributed by atoms with Gasteiger partial charge in [0.15, 0.2) is 0 Å². The predicted molar refractivity (Wildman–Crippen MR) is 97.2 cm³/mol. The highest BCUT2D eigenvalue weighted by Crippen LogP contribution is 2.28. The van der Waals surface area contributed by atoms with Crippen LogP contribution >= 0.6 is 0 Å². The molecule has 0 radical (unpaired) electrons. The first-order chi connectivity index (χ1) is 11.3. The number of nitrogens with two attached hydrogens (primary N) is 1. The summed E-state index contributed by atoms with van der Waals surface area (Å²) in [4.78, 5) is 0. The van der Waals surface area contributed by atoms with E-state index in [0.717, 1.165) is 12.1 Å². The highest BCUT2D eigenvalue weighted by Gasteiger charge is 2.16. The average Bonchev–Trinajstić information content (AvgIpc) is 2.63. The normalized spacial score (nSPS) is 13.3. The molecule has 0 aliphatic rings. The van der Waals surface area contributed by atoms with Gasteiger partial charge in [0.2, 0.25) is 0 Å². The van der Waals surface area contributed by atoms with Gasteiger partial charge in [0.1, 0.15) is 0 Å². The molecule has 0 amide bonds. The molecule has 3 aromatic rings. The summed E-state index contributed by atoms with van der Waals surface area (Å²) in [6.07, 6.45) is 0.836. The third kappa shape index (κ3) is 4.21. The zero-order valence-corrected chi connectivity index (χ0v) is 13.1. The maximum Gasteiger partial charge on any atom is 0.0531 e. The minimum absolute atomic E-state index is 0.00221. The van der Waals surface area contributed by atoms with Crippen LogP contribution in [0.4, 0.5) is 5.69 Å². The van der Waals surface area contributed by atoms with Crippen LogP contribution in [0.15, 0.2) is 91.0 Å². The quantitative estimate of drug-likeness (QED) is 0.677. The lowest BCUT2D eigenvalue weighted by atomic mass is 9.95. The van der Waals surface area contributed by atoms with Crippen LogP contribution in [-0.4, -0.2) is 0 Å². The second-order valence-corrected chi connectivity index (χ2v) is 5.73. The Labute approximate surface area is 138 Å². The summed E-state index contributed by atoms with van der Waals surface area (Å²) in [6, 6.07) is 31.2. The number of anilines is 1. The summed E-state index contributed by atoms with van der Waals surface area (Å²) >= 11 is 0. The second-order valence-electron chi connectivity index (χ2n) is 5.73. The van der Waals surface area contributed by atoms with E-state index in [1.807, 2.05) is 42.5 Å². The number of nitrogens with one attached hydrogen (secondary N) is 1. The van der Waals surface area contributed by atoms with E-state index in [-0.39, 0.29) is 12.1 Å². The van der Waals surface area contributed by atoms with Crippen LogP contribution in [0.25, 0.3) is 0 Å². The Bertz CT molecular complexity index is 696. The molecule has 0 aromatic heterocycles. The zero-order chi connectivity index (χ0) is 15.9. The summed E-state index contributed by atoms with van der Waals surface area (Å²) in [5.41, 5.74) is 9.98. The lowest BCUT2D eigenvalue weighted by molar-refractivity contribution is 0.583. The molecule has 0 aliphatic heterocycles. The van der Waals surface area contributed by atoms with Gasteiger partial charge in [0.05, 0.1) is 6.04 Å². The molecule has 2 heteroatoms. The molecule has 0 heterocycles. The molecule has 0 saturated heterocycles. The zero-order valence-electron chi connectivity index (χ0n) is 13.1. The fourth-order valence-corrected chi connectivity index (χ4v) is 2.79. The standard InChI is InChI=1S/C21H22N2/c22-20(17-10-4-1-5-11-17)16-21(18-12-6-2-7-13-18)23-19-14-8-3-9-15-19/h1-15,20-21,23H,16,22H2. The van der Waals surface area contributed by atoms with Crippen molar-refractivity contribution in [2.75, 3.05) is 5.32 Å². The number of hydrogen-bond donors (Lipinski definition) is 2. The topological polar surface area (TPSA) is 38.0 Å². The molecule has 2 nitrogen and oxygen atoms in total. The molecule has 0 fully saturated rings. The molecule has 116 valence electrons. The summed E-state index contributed by atoms with van der Waals surface area (Å²) in [7, 11) is 0. The maximum atomic E-state index is 6.45. The summed E-state index contributed by atoms with van der Waals surface area (Å²) in [6.45, 7) is 0. The van der Waals surface area contributed by atoms with Crippen LogP contribution in [0.5, 0.6) is 0 Å². The van der Waals surface area contributed by atoms with Crippen LogP contribution in [-0.2, 0) is 0 Å². The minimum Gasteiger partial charge on any atom is -0.378 e. The minimum atomic E-state index is -0.00221. The van der Waals surface area contributed by atoms with Gasteiger partial charge in [-0.1, -0.05) is 78.9 Å². The molecule has 0 spiro atoms. The molecule has 3 rings (SSSR count). The first-order valence-electron chi connectivity index (χ1n) is 8.00. The lowest BCUT2D eigenvalue weighted by Gasteiger charge is -2.24. The van der Waals surface area contributed by atoms with Gasteiger partial charge in [-0.25, -0.2) is 0 Å². The third-order valence-electron chi connectivity index (χ3n) is 4.03. The predicted octanol–water partition coefficient (Wildman–Crippen LogP) is 4.93. The smallest absolute Gasteiger partial charge is 0.0531 e. The van der Waals surface area contributed by atoms with Crippen LogP contribution in [0, 0.1) is 0 Å². The van der Waals surface area contributed by atoms with E-state index < -0.39 is 0 Å². The van der Waals surface area contributed by atoms with Crippen molar-refractivity contribution in [2.45, 2.75) is 18.5 Å². The van der Waals surface area contributed by atoms with Crippen LogP contribution in [0.2, 0.25) is 0 Å². The Hall–Kier alpha value is -2.58. The van der Waals surface area contributed by atoms with Gasteiger partial charge >= 0.3 is 0 Å². The number of rotatable bonds is 6. The lowest BCUT2D eigenvalue weighted by Crippen LogP contribution is -2.19. The van der Waals surface area contributed by atoms with E-state index in [1.54, 1.807) is 0 Å². The summed E-state index contributed by atoms with van der Waals surface area (Å²) < 4.78 is 0. The molecule has 0 aliphatic carbocycles. The Morgan fingerprint density at radius 3 is 1.70 bits per heavy atom. The fourth-order valence-electron chi connectivity index (χ4n) is 2.79. The molecule has 3 N–H and O–H groups in total. The Morgan fingerprint density at radius 1 is 0.652 bits per heavy atom. The summed E-state index contributed by atoms with van der Waals surface area (Å²) in [5.74, 6) is 0. The van der Waals surface area contributed by atoms with Crippen LogP contribution in [0.1, 0.15) is 29.6 Å². The van der Waals surface area contributed by atoms with Gasteiger partial charge in [-0.3, -0.25) is 0 Å². The van der Waals surface area contributed by atoms with Crippen molar-refractivity contribution in [3.8, 4) is 0 Å². The van der Waals surface area contributed by atoms with Crippen molar-refractivity contribution < 1.29 is 0 Å².